The van der Waals surface area contributed by atoms with Gasteiger partial charge in [-0.15, -0.1) is 0 Å². The van der Waals surface area contributed by atoms with Crippen molar-refractivity contribution in [1.29, 1.82) is 0 Å². The second-order valence-corrected chi connectivity index (χ2v) is 27.5. The van der Waals surface area contributed by atoms with Gasteiger partial charge in [-0.25, -0.2) is 19.9 Å². The van der Waals surface area contributed by atoms with Crippen molar-refractivity contribution in [3.8, 4) is 112 Å². The number of benzene rings is 16. The van der Waals surface area contributed by atoms with Gasteiger partial charge < -0.3 is 9.13 Å². The molecule has 490 valence electrons. The molecule has 8 nitrogen and oxygen atoms in total. The van der Waals surface area contributed by atoms with Gasteiger partial charge >= 0.3 is 0 Å². The van der Waals surface area contributed by atoms with Gasteiger partial charge in [-0.1, -0.05) is 255 Å². The fraction of sp³-hybridized carbons (Fsp3) is 0.0417. The zero-order chi connectivity index (χ0) is 69.3. The van der Waals surface area contributed by atoms with E-state index >= 15 is 0 Å². The van der Waals surface area contributed by atoms with Crippen LogP contribution in [0.4, 0.5) is 0 Å². The molecule has 0 atom stereocenters. The van der Waals surface area contributed by atoms with Crippen molar-refractivity contribution < 1.29 is 0 Å². The Balaban J connectivity index is 0.700. The quantitative estimate of drug-likeness (QED) is 0.121. The third-order valence-electron chi connectivity index (χ3n) is 21.6. The van der Waals surface area contributed by atoms with E-state index in [1.807, 2.05) is 0 Å². The summed E-state index contributed by atoms with van der Waals surface area (Å²) in [6.45, 7) is 4.14. The van der Waals surface area contributed by atoms with Crippen LogP contribution in [0, 0.1) is 13.8 Å². The van der Waals surface area contributed by atoms with Gasteiger partial charge in [0.05, 0.1) is 55.5 Å². The smallest absolute Gasteiger partial charge is 0.145 e. The second-order valence-electron chi connectivity index (χ2n) is 27.5. The van der Waals surface area contributed by atoms with Gasteiger partial charge in [0.15, 0.2) is 0 Å². The van der Waals surface area contributed by atoms with E-state index in [0.29, 0.717) is 0 Å². The molecule has 16 aromatic carbocycles. The lowest BCUT2D eigenvalue weighted by molar-refractivity contribution is 0.886. The monoisotopic (exact) mass is 1330 g/mol. The minimum Gasteiger partial charge on any atom is -0.331 e. The molecule has 0 N–H and O–H groups in total. The number of rotatable bonds is 11. The molecule has 0 amide bonds. The summed E-state index contributed by atoms with van der Waals surface area (Å²) in [7, 11) is 4.20. The minimum absolute atomic E-state index is 0.867. The number of hydrogen-bond acceptors (Lipinski definition) is 4. The largest absolute Gasteiger partial charge is 0.331 e. The van der Waals surface area contributed by atoms with Crippen molar-refractivity contribution >= 4 is 87.2 Å². The number of imidazole rings is 4. The number of aryl methyl sites for hydroxylation is 4. The molecule has 104 heavy (non-hydrogen) atoms. The molecule has 20 rings (SSSR count). The molecule has 0 spiro atoms. The number of hydrogen-bond donors (Lipinski definition) is 0. The average molecular weight is 1330 g/mol. The van der Waals surface area contributed by atoms with E-state index in [0.717, 1.165) is 162 Å². The first-order chi connectivity index (χ1) is 51.2. The minimum atomic E-state index is 0.867. The van der Waals surface area contributed by atoms with Crippen LogP contribution in [0.5, 0.6) is 0 Å². The van der Waals surface area contributed by atoms with Crippen LogP contribution in [-0.4, -0.2) is 38.2 Å². The predicted molar refractivity (Wildman–Crippen MR) is 433 cm³/mol. The molecular weight excluding hydrogens is 1270 g/mol. The maximum atomic E-state index is 5.62. The Labute approximate surface area is 601 Å². The molecule has 0 bridgehead atoms. The summed E-state index contributed by atoms with van der Waals surface area (Å²) < 4.78 is 9.10. The van der Waals surface area contributed by atoms with Crippen LogP contribution in [0.3, 0.4) is 0 Å². The molecule has 20 aromatic rings. The highest BCUT2D eigenvalue weighted by Gasteiger charge is 2.25. The first kappa shape index (κ1) is 60.4. The maximum absolute atomic E-state index is 5.62. The summed E-state index contributed by atoms with van der Waals surface area (Å²) in [6.07, 6.45) is 0. The standard InChI is InChI=1S/C96H66N8/c1-59-97-84-51-48-71(55-91(84)101(59)3)73-26-16-28-75-79(73)57-80-74(72-49-52-85-92(56-72)102(4)60(2)98-85)27-17-29-76(80)93(75)66-46-42-64(43-47-66)63-36-38-65(39-37-63)70-50-53-90-86(54-70)100-96(69-24-12-7-13-25-69)104(90)88-35-19-31-78-82(88)58-81-77(94(78)67-44-40-62(41-45-67)61-20-8-5-9-21-61)30-18-34-87(81)103-89-33-15-14-32-83(89)99-95(103)68-22-10-6-11-23-68/h5-58H,1-4H3. The van der Waals surface area contributed by atoms with Crippen LogP contribution >= 0.6 is 0 Å². The van der Waals surface area contributed by atoms with Gasteiger partial charge in [-0.05, 0) is 197 Å². The van der Waals surface area contributed by atoms with Gasteiger partial charge in [0.25, 0.3) is 0 Å². The summed E-state index contributed by atoms with van der Waals surface area (Å²) in [5, 5.41) is 9.32. The van der Waals surface area contributed by atoms with Crippen LogP contribution in [-0.2, 0) is 14.1 Å². The van der Waals surface area contributed by atoms with E-state index in [-0.39, 0.29) is 0 Å². The Bertz CT molecular complexity index is 6700. The molecule has 4 heterocycles. The predicted octanol–water partition coefficient (Wildman–Crippen LogP) is 24.4. The van der Waals surface area contributed by atoms with Crippen molar-refractivity contribution in [2.45, 2.75) is 13.8 Å². The topological polar surface area (TPSA) is 71.3 Å². The maximum Gasteiger partial charge on any atom is 0.145 e. The molecular formula is C96H66N8. The van der Waals surface area contributed by atoms with Gasteiger partial charge in [0.1, 0.15) is 23.3 Å². The number of aromatic nitrogens is 8. The van der Waals surface area contributed by atoms with E-state index in [9.17, 15) is 0 Å². The second kappa shape index (κ2) is 24.1. The highest BCUT2D eigenvalue weighted by Crippen LogP contribution is 2.47. The Morgan fingerprint density at radius 2 is 0.558 bits per heavy atom. The third-order valence-corrected chi connectivity index (χ3v) is 21.6. The van der Waals surface area contributed by atoms with Gasteiger partial charge in [-0.2, -0.15) is 0 Å². The van der Waals surface area contributed by atoms with Gasteiger partial charge in [0, 0.05) is 36.0 Å². The van der Waals surface area contributed by atoms with E-state index in [1.54, 1.807) is 0 Å². The Hall–Kier alpha value is -13.6. The van der Waals surface area contributed by atoms with Crippen LogP contribution in [0.25, 0.3) is 199 Å². The molecule has 8 heteroatoms. The van der Waals surface area contributed by atoms with Crippen molar-refractivity contribution in [1.82, 2.24) is 38.2 Å². The van der Waals surface area contributed by atoms with Gasteiger partial charge in [-0.3, -0.25) is 9.13 Å². The third kappa shape index (κ3) is 9.82. The first-order valence-corrected chi connectivity index (χ1v) is 35.5. The van der Waals surface area contributed by atoms with E-state index < -0.39 is 0 Å². The Kier molecular flexibility index (Phi) is 14.0. The number of para-hydroxylation sites is 2. The van der Waals surface area contributed by atoms with Crippen molar-refractivity contribution in [3.63, 3.8) is 0 Å². The fourth-order valence-corrected chi connectivity index (χ4v) is 16.3. The number of fused-ring (bicyclic) bond motifs is 8. The molecule has 0 aliphatic carbocycles. The fourth-order valence-electron chi connectivity index (χ4n) is 16.3. The lowest BCUT2D eigenvalue weighted by atomic mass is 9.86. The normalized spacial score (nSPS) is 11.8. The van der Waals surface area contributed by atoms with E-state index in [2.05, 4.69) is 374 Å². The van der Waals surface area contributed by atoms with E-state index in [4.69, 9.17) is 19.9 Å². The van der Waals surface area contributed by atoms with Crippen LogP contribution in [0.1, 0.15) is 11.6 Å². The summed E-state index contributed by atoms with van der Waals surface area (Å²) in [5.74, 6) is 3.74. The van der Waals surface area contributed by atoms with Crippen LogP contribution < -0.4 is 0 Å². The molecule has 0 fully saturated rings. The van der Waals surface area contributed by atoms with E-state index in [1.165, 1.54) is 49.4 Å². The molecule has 0 radical (unpaired) electrons. The van der Waals surface area contributed by atoms with Crippen molar-refractivity contribution in [3.05, 3.63) is 339 Å². The SMILES string of the molecule is Cc1nc2ccc(-c3cccc4c(-c5ccc(-c6ccc(-c7ccc8c(c7)nc(-c7ccccc7)n8-c7cccc8c(-c9ccc(-c%10ccccc%10)cc9)c9cccc(-n%10c(-c%11ccccc%11)nc%11ccccc%11%10)c9cc78)cc6)cc5)c5cccc(-c6ccc7nc(C)n(C)c7c6)c5cc34)cc2n1C. The lowest BCUT2D eigenvalue weighted by Gasteiger charge is -2.20. The molecule has 0 aliphatic heterocycles. The zero-order valence-corrected chi connectivity index (χ0v) is 57.8. The molecule has 4 aromatic heterocycles. The van der Waals surface area contributed by atoms with Crippen molar-refractivity contribution in [2.24, 2.45) is 14.1 Å². The molecule has 0 aliphatic rings. The molecule has 0 saturated heterocycles. The summed E-state index contributed by atoms with van der Waals surface area (Å²) >= 11 is 0. The molecule has 0 unspecified atom stereocenters. The molecule has 0 saturated carbocycles. The lowest BCUT2D eigenvalue weighted by Crippen LogP contribution is -2.02. The number of nitrogens with zero attached hydrogens (tertiary/aromatic N) is 8. The first-order valence-electron chi connectivity index (χ1n) is 35.5. The summed E-state index contributed by atoms with van der Waals surface area (Å²) in [4.78, 5) is 20.7. The Morgan fingerprint density at radius 3 is 1.04 bits per heavy atom. The average Bonchev–Trinajstić information content (AvgIpc) is 1.22. The highest BCUT2D eigenvalue weighted by molar-refractivity contribution is 6.20. The van der Waals surface area contributed by atoms with Crippen LogP contribution in [0.15, 0.2) is 328 Å². The van der Waals surface area contributed by atoms with Crippen molar-refractivity contribution in [2.75, 3.05) is 0 Å². The van der Waals surface area contributed by atoms with Crippen LogP contribution in [0.2, 0.25) is 0 Å². The summed E-state index contributed by atoms with van der Waals surface area (Å²) in [6, 6.07) is 120. The van der Waals surface area contributed by atoms with Gasteiger partial charge in [0.2, 0.25) is 0 Å². The Morgan fingerprint density at radius 1 is 0.212 bits per heavy atom. The zero-order valence-electron chi connectivity index (χ0n) is 57.8. The highest BCUT2D eigenvalue weighted by atomic mass is 15.1. The summed E-state index contributed by atoms with van der Waals surface area (Å²) in [5.41, 5.74) is 28.5.